The summed E-state index contributed by atoms with van der Waals surface area (Å²) >= 11 is 0. The summed E-state index contributed by atoms with van der Waals surface area (Å²) in [4.78, 5) is 2.54. The van der Waals surface area contributed by atoms with Gasteiger partial charge in [-0.25, -0.2) is 8.42 Å². The number of piperidine rings is 1. The van der Waals surface area contributed by atoms with Gasteiger partial charge in [-0.2, -0.15) is 4.31 Å². The Kier molecular flexibility index (Phi) is 5.08. The van der Waals surface area contributed by atoms with E-state index < -0.39 is 10.0 Å². The minimum Gasteiger partial charge on any atom is -0.349 e. The molecule has 0 amide bonds. The van der Waals surface area contributed by atoms with Gasteiger partial charge in [-0.05, 0) is 39.9 Å². The van der Waals surface area contributed by atoms with E-state index in [0.29, 0.717) is 30.6 Å². The molecule has 0 radical (unpaired) electrons. The second kappa shape index (κ2) is 6.48. The van der Waals surface area contributed by atoms with Gasteiger partial charge in [0.2, 0.25) is 10.0 Å². The van der Waals surface area contributed by atoms with E-state index >= 15 is 0 Å². The molecule has 120 valence electrons. The van der Waals surface area contributed by atoms with Crippen LogP contribution in [0.3, 0.4) is 0 Å². The van der Waals surface area contributed by atoms with Crippen molar-refractivity contribution in [3.8, 4) is 0 Å². The van der Waals surface area contributed by atoms with Crippen molar-refractivity contribution in [3.63, 3.8) is 0 Å². The zero-order valence-corrected chi connectivity index (χ0v) is 13.9. The largest absolute Gasteiger partial charge is 0.349 e. The minimum absolute atomic E-state index is 0.353. The van der Waals surface area contributed by atoms with Gasteiger partial charge in [-0.3, -0.25) is 0 Å². The van der Waals surface area contributed by atoms with Crippen molar-refractivity contribution in [1.29, 1.82) is 0 Å². The molecule has 1 aliphatic heterocycles. The van der Waals surface area contributed by atoms with Crippen LogP contribution in [0.15, 0.2) is 17.2 Å². The average molecular weight is 314 g/mol. The lowest BCUT2D eigenvalue weighted by atomic mass is 10.1. The summed E-state index contributed by atoms with van der Waals surface area (Å²) in [6.07, 6.45) is 3.46. The van der Waals surface area contributed by atoms with Crippen molar-refractivity contribution in [2.24, 2.45) is 5.73 Å². The van der Waals surface area contributed by atoms with E-state index in [-0.39, 0.29) is 0 Å². The Morgan fingerprint density at radius 3 is 2.38 bits per heavy atom. The van der Waals surface area contributed by atoms with Gasteiger partial charge in [0.05, 0.1) is 0 Å². The molecule has 0 unspecified atom stereocenters. The number of nitrogens with zero attached hydrogens (tertiary/aromatic N) is 3. The maximum Gasteiger partial charge on any atom is 0.244 e. The lowest BCUT2D eigenvalue weighted by molar-refractivity contribution is 0.196. The van der Waals surface area contributed by atoms with E-state index in [0.717, 1.165) is 25.1 Å². The summed E-state index contributed by atoms with van der Waals surface area (Å²) in [5.41, 5.74) is 6.54. The third-order valence-corrected chi connectivity index (χ3v) is 6.17. The van der Waals surface area contributed by atoms with Gasteiger partial charge in [0.25, 0.3) is 0 Å². The Balaban J connectivity index is 2.17. The first-order valence-electron chi connectivity index (χ1n) is 7.45. The first kappa shape index (κ1) is 16.5. The standard InChI is InChI=1S/C14H26N4O2S/c1-4-17-11-14(9-13(17)10-15)21(19,20)18-7-5-12(6-8-18)16(2)3/h9,11-12H,4-8,10,15H2,1-3H3. The first-order chi connectivity index (χ1) is 9.90. The molecule has 0 aromatic carbocycles. The van der Waals surface area contributed by atoms with Crippen molar-refractivity contribution in [2.75, 3.05) is 27.2 Å². The summed E-state index contributed by atoms with van der Waals surface area (Å²) in [6.45, 7) is 4.23. The molecule has 1 aromatic heterocycles. The van der Waals surface area contributed by atoms with Gasteiger partial charge < -0.3 is 15.2 Å². The summed E-state index contributed by atoms with van der Waals surface area (Å²) in [5.74, 6) is 0. The molecule has 0 saturated carbocycles. The van der Waals surface area contributed by atoms with E-state index in [1.54, 1.807) is 16.6 Å². The highest BCUT2D eigenvalue weighted by molar-refractivity contribution is 7.89. The zero-order chi connectivity index (χ0) is 15.6. The summed E-state index contributed by atoms with van der Waals surface area (Å²) in [5, 5.41) is 0. The fraction of sp³-hybridized carbons (Fsp3) is 0.714. The molecule has 2 N–H and O–H groups in total. The van der Waals surface area contributed by atoms with Crippen molar-refractivity contribution < 1.29 is 8.42 Å². The minimum atomic E-state index is -3.39. The Morgan fingerprint density at radius 1 is 1.33 bits per heavy atom. The highest BCUT2D eigenvalue weighted by Crippen LogP contribution is 2.23. The van der Waals surface area contributed by atoms with E-state index in [4.69, 9.17) is 5.73 Å². The first-order valence-corrected chi connectivity index (χ1v) is 8.89. The molecule has 0 aliphatic carbocycles. The van der Waals surface area contributed by atoms with Crippen molar-refractivity contribution in [2.45, 2.75) is 43.8 Å². The lowest BCUT2D eigenvalue weighted by Gasteiger charge is -2.34. The lowest BCUT2D eigenvalue weighted by Crippen LogP contribution is -2.44. The Morgan fingerprint density at radius 2 is 1.95 bits per heavy atom. The number of hydrogen-bond donors (Lipinski definition) is 1. The van der Waals surface area contributed by atoms with Crippen LogP contribution in [-0.2, 0) is 23.1 Å². The fourth-order valence-electron chi connectivity index (χ4n) is 2.88. The molecule has 1 aliphatic rings. The molecule has 1 aromatic rings. The monoisotopic (exact) mass is 314 g/mol. The Labute approximate surface area is 127 Å². The number of hydrogen-bond acceptors (Lipinski definition) is 4. The topological polar surface area (TPSA) is 71.6 Å². The molecule has 0 atom stereocenters. The molecule has 7 heteroatoms. The van der Waals surface area contributed by atoms with Crippen LogP contribution in [0.2, 0.25) is 0 Å². The van der Waals surface area contributed by atoms with E-state index in [1.165, 1.54) is 0 Å². The van der Waals surface area contributed by atoms with Crippen molar-refractivity contribution in [1.82, 2.24) is 13.8 Å². The van der Waals surface area contributed by atoms with Gasteiger partial charge in [0.1, 0.15) is 4.90 Å². The van der Waals surface area contributed by atoms with Crippen LogP contribution >= 0.6 is 0 Å². The summed E-state index contributed by atoms with van der Waals surface area (Å²) < 4.78 is 28.9. The predicted octanol–water partition coefficient (Wildman–Crippen LogP) is 0.681. The maximum atomic E-state index is 12.7. The molecular weight excluding hydrogens is 288 g/mol. The van der Waals surface area contributed by atoms with Crippen molar-refractivity contribution >= 4 is 10.0 Å². The maximum absolute atomic E-state index is 12.7. The highest BCUT2D eigenvalue weighted by Gasteiger charge is 2.31. The molecule has 0 spiro atoms. The van der Waals surface area contributed by atoms with E-state index in [1.807, 2.05) is 25.6 Å². The molecule has 2 rings (SSSR count). The molecule has 1 saturated heterocycles. The molecule has 0 bridgehead atoms. The molecule has 6 nitrogen and oxygen atoms in total. The Hall–Kier alpha value is -0.890. The number of nitrogens with two attached hydrogens (primary N) is 1. The van der Waals surface area contributed by atoms with Gasteiger partial charge >= 0.3 is 0 Å². The van der Waals surface area contributed by atoms with Gasteiger partial charge in [-0.15, -0.1) is 0 Å². The van der Waals surface area contributed by atoms with Crippen LogP contribution in [0.5, 0.6) is 0 Å². The van der Waals surface area contributed by atoms with Crippen LogP contribution in [0.1, 0.15) is 25.5 Å². The fourth-order valence-corrected chi connectivity index (χ4v) is 4.42. The quantitative estimate of drug-likeness (QED) is 0.867. The van der Waals surface area contributed by atoms with Gasteiger partial charge in [0, 0.05) is 44.1 Å². The van der Waals surface area contributed by atoms with Crippen LogP contribution < -0.4 is 5.73 Å². The number of sulfonamides is 1. The van der Waals surface area contributed by atoms with Crippen LogP contribution in [0.25, 0.3) is 0 Å². The van der Waals surface area contributed by atoms with Crippen LogP contribution in [0.4, 0.5) is 0 Å². The van der Waals surface area contributed by atoms with E-state index in [9.17, 15) is 8.42 Å². The van der Waals surface area contributed by atoms with Crippen LogP contribution in [-0.4, -0.2) is 55.4 Å². The molecular formula is C14H26N4O2S. The van der Waals surface area contributed by atoms with Crippen molar-refractivity contribution in [3.05, 3.63) is 18.0 Å². The molecule has 2 heterocycles. The smallest absolute Gasteiger partial charge is 0.244 e. The SMILES string of the molecule is CCn1cc(S(=O)(=O)N2CCC(N(C)C)CC2)cc1CN. The van der Waals surface area contributed by atoms with Gasteiger partial charge in [0.15, 0.2) is 0 Å². The Bertz CT molecular complexity index is 550. The average Bonchev–Trinajstić information content (AvgIpc) is 2.91. The van der Waals surface area contributed by atoms with Crippen LogP contribution in [0, 0.1) is 0 Å². The summed E-state index contributed by atoms with van der Waals surface area (Å²) in [7, 11) is 0.696. The second-order valence-electron chi connectivity index (χ2n) is 5.76. The summed E-state index contributed by atoms with van der Waals surface area (Å²) in [6, 6.07) is 2.17. The molecule has 1 fully saturated rings. The number of aromatic nitrogens is 1. The molecule has 21 heavy (non-hydrogen) atoms. The number of rotatable bonds is 5. The third-order valence-electron chi connectivity index (χ3n) is 4.30. The third kappa shape index (κ3) is 3.31. The van der Waals surface area contributed by atoms with E-state index in [2.05, 4.69) is 4.90 Å². The predicted molar refractivity (Wildman–Crippen MR) is 83.5 cm³/mol. The number of aryl methyl sites for hydroxylation is 1. The normalized spacial score (nSPS) is 18.5. The van der Waals surface area contributed by atoms with Gasteiger partial charge in [-0.1, -0.05) is 0 Å². The zero-order valence-electron chi connectivity index (χ0n) is 13.1. The second-order valence-corrected chi connectivity index (χ2v) is 7.69. The highest BCUT2D eigenvalue weighted by atomic mass is 32.2.